The molecule has 9 heteroatoms. The fourth-order valence-electron chi connectivity index (χ4n) is 4.15. The van der Waals surface area contributed by atoms with Crippen molar-refractivity contribution in [3.05, 3.63) is 65.2 Å². The summed E-state index contributed by atoms with van der Waals surface area (Å²) in [6, 6.07) is 13.2. The summed E-state index contributed by atoms with van der Waals surface area (Å²) in [5, 5.41) is 3.08. The molecule has 0 spiro atoms. The van der Waals surface area contributed by atoms with E-state index in [2.05, 4.69) is 10.3 Å². The minimum Gasteiger partial charge on any atom is -0.323 e. The van der Waals surface area contributed by atoms with Crippen molar-refractivity contribution in [2.75, 3.05) is 12.4 Å². The standard InChI is InChI=1S/C23H26N4O4S/c1-26(17-9-3-2-4-10-17)32(30,31)21-14-8-7-13-20(21)25-22(28)15-27-16-24-19-12-6-5-11-18(19)23(27)29/h5-8,11-14,16-17H,2-4,9-10,15H2,1H3,(H,25,28). The smallest absolute Gasteiger partial charge is 0.261 e. The van der Waals surface area contributed by atoms with Crippen LogP contribution in [0.4, 0.5) is 5.69 Å². The zero-order chi connectivity index (χ0) is 22.7. The molecule has 3 aromatic rings. The van der Waals surface area contributed by atoms with E-state index in [4.69, 9.17) is 0 Å². The van der Waals surface area contributed by atoms with Gasteiger partial charge in [0.1, 0.15) is 11.4 Å². The molecule has 4 rings (SSSR count). The lowest BCUT2D eigenvalue weighted by molar-refractivity contribution is -0.116. The number of rotatable bonds is 6. The van der Waals surface area contributed by atoms with Gasteiger partial charge in [0.05, 0.1) is 22.9 Å². The van der Waals surface area contributed by atoms with Crippen LogP contribution < -0.4 is 10.9 Å². The highest BCUT2D eigenvalue weighted by molar-refractivity contribution is 7.89. The third-order valence-electron chi connectivity index (χ3n) is 5.95. The minimum atomic E-state index is -3.79. The molecule has 0 saturated heterocycles. The summed E-state index contributed by atoms with van der Waals surface area (Å²) in [6.07, 6.45) is 6.14. The Balaban J connectivity index is 1.56. The first-order valence-corrected chi connectivity index (χ1v) is 12.1. The van der Waals surface area contributed by atoms with Crippen molar-refractivity contribution in [3.8, 4) is 0 Å². The number of sulfonamides is 1. The zero-order valence-corrected chi connectivity index (χ0v) is 18.7. The number of carbonyl (C=O) groups excluding carboxylic acids is 1. The highest BCUT2D eigenvalue weighted by Crippen LogP contribution is 2.29. The van der Waals surface area contributed by atoms with Crippen molar-refractivity contribution in [2.24, 2.45) is 0 Å². The Morgan fingerprint density at radius 3 is 2.56 bits per heavy atom. The summed E-state index contributed by atoms with van der Waals surface area (Å²) in [6.45, 7) is -0.274. The molecule has 1 N–H and O–H groups in total. The molecule has 1 aliphatic carbocycles. The molecule has 1 fully saturated rings. The number of nitrogens with zero attached hydrogens (tertiary/aromatic N) is 3. The van der Waals surface area contributed by atoms with Gasteiger partial charge in [0.2, 0.25) is 15.9 Å². The monoisotopic (exact) mass is 454 g/mol. The molecule has 32 heavy (non-hydrogen) atoms. The fraction of sp³-hybridized carbons (Fsp3) is 0.348. The predicted octanol–water partition coefficient (Wildman–Crippen LogP) is 2.99. The number of fused-ring (bicyclic) bond motifs is 1. The summed E-state index contributed by atoms with van der Waals surface area (Å²) in [5.74, 6) is -0.507. The quantitative estimate of drug-likeness (QED) is 0.617. The van der Waals surface area contributed by atoms with Crippen LogP contribution in [0.25, 0.3) is 10.9 Å². The number of hydrogen-bond acceptors (Lipinski definition) is 5. The molecule has 0 unspecified atom stereocenters. The molecule has 0 bridgehead atoms. The van der Waals surface area contributed by atoms with E-state index in [-0.39, 0.29) is 28.7 Å². The number of hydrogen-bond donors (Lipinski definition) is 1. The Bertz CT molecular complexity index is 1300. The van der Waals surface area contributed by atoms with Crippen molar-refractivity contribution in [3.63, 3.8) is 0 Å². The van der Waals surface area contributed by atoms with E-state index in [9.17, 15) is 18.0 Å². The van der Waals surface area contributed by atoms with E-state index in [1.54, 1.807) is 49.5 Å². The number of amides is 1. The third kappa shape index (κ3) is 4.44. The topological polar surface area (TPSA) is 101 Å². The maximum Gasteiger partial charge on any atom is 0.261 e. The van der Waals surface area contributed by atoms with Crippen LogP contribution in [0.5, 0.6) is 0 Å². The number of benzene rings is 2. The van der Waals surface area contributed by atoms with Gasteiger partial charge in [-0.3, -0.25) is 14.2 Å². The van der Waals surface area contributed by atoms with Crippen molar-refractivity contribution in [1.29, 1.82) is 0 Å². The molecular formula is C23H26N4O4S. The Morgan fingerprint density at radius 1 is 1.09 bits per heavy atom. The molecule has 1 saturated carbocycles. The van der Waals surface area contributed by atoms with E-state index in [1.165, 1.54) is 21.3 Å². The number of carbonyl (C=O) groups is 1. The average molecular weight is 455 g/mol. The first-order valence-electron chi connectivity index (χ1n) is 10.7. The summed E-state index contributed by atoms with van der Waals surface area (Å²) in [7, 11) is -2.19. The lowest BCUT2D eigenvalue weighted by Gasteiger charge is -2.30. The second-order valence-electron chi connectivity index (χ2n) is 8.05. The minimum absolute atomic E-state index is 0.0419. The number of anilines is 1. The van der Waals surface area contributed by atoms with Crippen LogP contribution in [0.2, 0.25) is 0 Å². The van der Waals surface area contributed by atoms with Crippen molar-refractivity contribution in [1.82, 2.24) is 13.9 Å². The number of aromatic nitrogens is 2. The van der Waals surface area contributed by atoms with E-state index in [1.807, 2.05) is 0 Å². The molecule has 0 aliphatic heterocycles. The Hall–Kier alpha value is -3.04. The lowest BCUT2D eigenvalue weighted by atomic mass is 9.96. The van der Waals surface area contributed by atoms with Gasteiger partial charge >= 0.3 is 0 Å². The molecule has 1 heterocycles. The summed E-state index contributed by atoms with van der Waals surface area (Å²) >= 11 is 0. The summed E-state index contributed by atoms with van der Waals surface area (Å²) in [4.78, 5) is 29.6. The highest BCUT2D eigenvalue weighted by atomic mass is 32.2. The Labute approximate surface area is 186 Å². The predicted molar refractivity (Wildman–Crippen MR) is 123 cm³/mol. The summed E-state index contributed by atoms with van der Waals surface area (Å²) < 4.78 is 29.2. The highest BCUT2D eigenvalue weighted by Gasteiger charge is 2.31. The van der Waals surface area contributed by atoms with Gasteiger partial charge in [0, 0.05) is 13.1 Å². The van der Waals surface area contributed by atoms with Gasteiger partial charge in [0.15, 0.2) is 0 Å². The van der Waals surface area contributed by atoms with E-state index in [0.717, 1.165) is 32.1 Å². The maximum absolute atomic E-state index is 13.3. The van der Waals surface area contributed by atoms with Gasteiger partial charge in [-0.2, -0.15) is 4.31 Å². The second-order valence-corrected chi connectivity index (χ2v) is 10.0. The first kappa shape index (κ1) is 22.2. The molecule has 1 amide bonds. The number of nitrogens with one attached hydrogen (secondary N) is 1. The Morgan fingerprint density at radius 2 is 1.78 bits per heavy atom. The van der Waals surface area contributed by atoms with Gasteiger partial charge in [-0.15, -0.1) is 0 Å². The van der Waals surface area contributed by atoms with E-state index >= 15 is 0 Å². The molecule has 168 valence electrons. The maximum atomic E-state index is 13.3. The van der Waals surface area contributed by atoms with E-state index < -0.39 is 15.9 Å². The molecule has 1 aliphatic rings. The molecule has 1 aromatic heterocycles. The van der Waals surface area contributed by atoms with Gasteiger partial charge in [0.25, 0.3) is 5.56 Å². The lowest BCUT2D eigenvalue weighted by Crippen LogP contribution is -2.38. The molecule has 2 aromatic carbocycles. The van der Waals surface area contributed by atoms with Gasteiger partial charge in [-0.25, -0.2) is 13.4 Å². The van der Waals surface area contributed by atoms with Crippen LogP contribution in [0.3, 0.4) is 0 Å². The van der Waals surface area contributed by atoms with Crippen LogP contribution in [-0.2, 0) is 21.4 Å². The third-order valence-corrected chi connectivity index (χ3v) is 7.92. The van der Waals surface area contributed by atoms with Crippen LogP contribution in [0.1, 0.15) is 32.1 Å². The first-order chi connectivity index (χ1) is 15.4. The van der Waals surface area contributed by atoms with Crippen LogP contribution in [0, 0.1) is 0 Å². The molecular weight excluding hydrogens is 428 g/mol. The Kier molecular flexibility index (Phi) is 6.38. The number of para-hydroxylation sites is 2. The largest absolute Gasteiger partial charge is 0.323 e. The van der Waals surface area contributed by atoms with Crippen molar-refractivity contribution >= 4 is 32.5 Å². The summed E-state index contributed by atoms with van der Waals surface area (Å²) in [5.41, 5.74) is 0.419. The second kappa shape index (κ2) is 9.22. The van der Waals surface area contributed by atoms with Crippen LogP contribution >= 0.6 is 0 Å². The van der Waals surface area contributed by atoms with Crippen LogP contribution in [0.15, 0.2) is 64.5 Å². The van der Waals surface area contributed by atoms with Gasteiger partial charge in [-0.05, 0) is 37.1 Å². The van der Waals surface area contributed by atoms with Crippen molar-refractivity contribution < 1.29 is 13.2 Å². The van der Waals surface area contributed by atoms with Gasteiger partial charge < -0.3 is 5.32 Å². The average Bonchev–Trinajstić information content (AvgIpc) is 2.81. The normalized spacial score (nSPS) is 15.2. The van der Waals surface area contributed by atoms with Gasteiger partial charge in [-0.1, -0.05) is 43.5 Å². The fourth-order valence-corrected chi connectivity index (χ4v) is 5.72. The zero-order valence-electron chi connectivity index (χ0n) is 17.9. The van der Waals surface area contributed by atoms with Crippen molar-refractivity contribution in [2.45, 2.75) is 49.6 Å². The van der Waals surface area contributed by atoms with E-state index in [0.29, 0.717) is 10.9 Å². The molecule has 8 nitrogen and oxygen atoms in total. The molecule has 0 radical (unpaired) electrons. The van der Waals surface area contributed by atoms with Crippen LogP contribution in [-0.4, -0.2) is 41.3 Å². The molecule has 0 atom stereocenters. The SMILES string of the molecule is CN(C1CCCCC1)S(=O)(=O)c1ccccc1NC(=O)Cn1cnc2ccccc2c1=O.